The summed E-state index contributed by atoms with van der Waals surface area (Å²) in [5.41, 5.74) is 2.19. The molecule has 5 heteroatoms. The minimum atomic E-state index is -0.446. The van der Waals surface area contributed by atoms with Gasteiger partial charge in [0.2, 0.25) is 0 Å². The van der Waals surface area contributed by atoms with Crippen LogP contribution in [0.25, 0.3) is 0 Å². The van der Waals surface area contributed by atoms with E-state index in [1.807, 2.05) is 37.3 Å². The third-order valence-electron chi connectivity index (χ3n) is 3.80. The van der Waals surface area contributed by atoms with E-state index in [4.69, 9.17) is 4.74 Å². The van der Waals surface area contributed by atoms with Gasteiger partial charge in [-0.2, -0.15) is 0 Å². The number of fused-ring (bicyclic) bond motifs is 1. The maximum absolute atomic E-state index is 12.1. The van der Waals surface area contributed by atoms with Crippen molar-refractivity contribution in [3.05, 3.63) is 58.1 Å². The predicted octanol–water partition coefficient (Wildman–Crippen LogP) is 3.76. The Morgan fingerprint density at radius 2 is 1.83 bits per heavy atom. The summed E-state index contributed by atoms with van der Waals surface area (Å²) in [4.78, 5) is 25.7. The zero-order chi connectivity index (χ0) is 16.4. The van der Waals surface area contributed by atoms with Crippen molar-refractivity contribution in [2.75, 3.05) is 18.1 Å². The van der Waals surface area contributed by atoms with Crippen molar-refractivity contribution >= 4 is 33.3 Å². The Labute approximate surface area is 143 Å². The van der Waals surface area contributed by atoms with Crippen LogP contribution in [-0.4, -0.2) is 24.8 Å². The first-order valence-corrected chi connectivity index (χ1v) is 8.21. The Morgan fingerprint density at radius 3 is 2.57 bits per heavy atom. The van der Waals surface area contributed by atoms with Crippen LogP contribution in [0.3, 0.4) is 0 Å². The molecule has 0 atom stereocenters. The first-order valence-electron chi connectivity index (χ1n) is 7.42. The van der Waals surface area contributed by atoms with Crippen molar-refractivity contribution in [2.45, 2.75) is 13.3 Å². The summed E-state index contributed by atoms with van der Waals surface area (Å²) in [6, 6.07) is 13.0. The van der Waals surface area contributed by atoms with Gasteiger partial charge in [0.05, 0.1) is 17.9 Å². The molecule has 0 N–H and O–H groups in total. The highest BCUT2D eigenvalue weighted by molar-refractivity contribution is 9.10. The highest BCUT2D eigenvalue weighted by Crippen LogP contribution is 2.32. The van der Waals surface area contributed by atoms with E-state index in [2.05, 4.69) is 15.9 Å². The number of carbonyl (C=O) groups is 2. The Balaban J connectivity index is 1.62. The largest absolute Gasteiger partial charge is 0.494 e. The molecule has 1 aliphatic rings. The average Bonchev–Trinajstić information content (AvgIpc) is 2.79. The van der Waals surface area contributed by atoms with Crippen LogP contribution in [0.2, 0.25) is 0 Å². The number of nitrogens with zero attached hydrogens (tertiary/aromatic N) is 1. The van der Waals surface area contributed by atoms with Crippen LogP contribution < -0.4 is 9.64 Å². The summed E-state index contributed by atoms with van der Waals surface area (Å²) in [5.74, 6) is -0.0796. The molecule has 0 radical (unpaired) electrons. The van der Waals surface area contributed by atoms with E-state index in [1.54, 1.807) is 17.0 Å². The lowest BCUT2D eigenvalue weighted by Crippen LogP contribution is -2.31. The summed E-state index contributed by atoms with van der Waals surface area (Å²) in [6.07, 6.45) is 0.656. The van der Waals surface area contributed by atoms with E-state index in [0.29, 0.717) is 25.1 Å². The monoisotopic (exact) mass is 373 g/mol. The van der Waals surface area contributed by atoms with Gasteiger partial charge in [0, 0.05) is 11.0 Å². The van der Waals surface area contributed by atoms with Crippen LogP contribution >= 0.6 is 15.9 Å². The molecule has 0 saturated heterocycles. The van der Waals surface area contributed by atoms with Crippen LogP contribution in [0.15, 0.2) is 46.9 Å². The molecule has 2 aromatic carbocycles. The predicted molar refractivity (Wildman–Crippen MR) is 92.1 cm³/mol. The van der Waals surface area contributed by atoms with Gasteiger partial charge in [-0.1, -0.05) is 28.1 Å². The molecule has 0 fully saturated rings. The van der Waals surface area contributed by atoms with E-state index >= 15 is 0 Å². The maximum Gasteiger partial charge on any atom is 0.299 e. The smallest absolute Gasteiger partial charge is 0.299 e. The SMILES string of the molecule is Cc1cccc2c1N(CCCOc1ccc(Br)cc1)C(=O)C2=O. The molecule has 118 valence electrons. The molecule has 4 nitrogen and oxygen atoms in total. The van der Waals surface area contributed by atoms with Gasteiger partial charge < -0.3 is 9.64 Å². The topological polar surface area (TPSA) is 46.6 Å². The zero-order valence-corrected chi connectivity index (χ0v) is 14.3. The first kappa shape index (κ1) is 15.7. The first-order chi connectivity index (χ1) is 11.1. The van der Waals surface area contributed by atoms with Gasteiger partial charge in [0.25, 0.3) is 11.7 Å². The van der Waals surface area contributed by atoms with Gasteiger partial charge in [-0.25, -0.2) is 0 Å². The number of rotatable bonds is 5. The van der Waals surface area contributed by atoms with Crippen LogP contribution in [0.1, 0.15) is 22.3 Å². The third-order valence-corrected chi connectivity index (χ3v) is 4.33. The Kier molecular flexibility index (Phi) is 4.48. The molecule has 2 aromatic rings. The molecular weight excluding hydrogens is 358 g/mol. The van der Waals surface area contributed by atoms with Gasteiger partial charge in [-0.05, 0) is 49.2 Å². The van der Waals surface area contributed by atoms with Gasteiger partial charge in [0.1, 0.15) is 5.75 Å². The van der Waals surface area contributed by atoms with Gasteiger partial charge >= 0.3 is 0 Å². The molecule has 0 aromatic heterocycles. The van der Waals surface area contributed by atoms with E-state index < -0.39 is 11.7 Å². The van der Waals surface area contributed by atoms with Crippen molar-refractivity contribution in [2.24, 2.45) is 0 Å². The number of aryl methyl sites for hydroxylation is 1. The molecule has 0 bridgehead atoms. The lowest BCUT2D eigenvalue weighted by molar-refractivity contribution is -0.114. The number of ether oxygens (including phenoxy) is 1. The second-order valence-corrected chi connectivity index (χ2v) is 6.33. The molecule has 0 unspecified atom stereocenters. The fourth-order valence-electron chi connectivity index (χ4n) is 2.70. The molecule has 0 spiro atoms. The quantitative estimate of drug-likeness (QED) is 0.592. The number of anilines is 1. The lowest BCUT2D eigenvalue weighted by Gasteiger charge is -2.18. The lowest BCUT2D eigenvalue weighted by atomic mass is 10.1. The third kappa shape index (κ3) is 3.15. The van der Waals surface area contributed by atoms with Crippen LogP contribution in [0.4, 0.5) is 5.69 Å². The average molecular weight is 374 g/mol. The van der Waals surface area contributed by atoms with Crippen molar-refractivity contribution in [3.8, 4) is 5.75 Å². The van der Waals surface area contributed by atoms with E-state index in [0.717, 1.165) is 21.5 Å². The van der Waals surface area contributed by atoms with Crippen LogP contribution in [0.5, 0.6) is 5.75 Å². The molecule has 1 amide bonds. The molecule has 1 aliphatic heterocycles. The van der Waals surface area contributed by atoms with Crippen molar-refractivity contribution in [3.63, 3.8) is 0 Å². The van der Waals surface area contributed by atoms with Crippen molar-refractivity contribution < 1.29 is 14.3 Å². The van der Waals surface area contributed by atoms with Gasteiger partial charge in [-0.15, -0.1) is 0 Å². The number of carbonyl (C=O) groups excluding carboxylic acids is 2. The number of benzene rings is 2. The van der Waals surface area contributed by atoms with E-state index in [9.17, 15) is 9.59 Å². The van der Waals surface area contributed by atoms with Crippen LogP contribution in [0, 0.1) is 6.92 Å². The molecule has 0 aliphatic carbocycles. The second kappa shape index (κ2) is 6.54. The van der Waals surface area contributed by atoms with Gasteiger partial charge in [0.15, 0.2) is 0 Å². The fraction of sp³-hybridized carbons (Fsp3) is 0.222. The second-order valence-electron chi connectivity index (χ2n) is 5.41. The minimum absolute atomic E-state index is 0.419. The number of hydrogen-bond acceptors (Lipinski definition) is 3. The normalized spacial score (nSPS) is 13.4. The highest BCUT2D eigenvalue weighted by atomic mass is 79.9. The minimum Gasteiger partial charge on any atom is -0.494 e. The zero-order valence-electron chi connectivity index (χ0n) is 12.7. The van der Waals surface area contributed by atoms with Crippen molar-refractivity contribution in [1.29, 1.82) is 0 Å². The number of hydrogen-bond donors (Lipinski definition) is 0. The Hall–Kier alpha value is -2.14. The number of halogens is 1. The molecule has 1 heterocycles. The Bertz CT molecular complexity index is 755. The van der Waals surface area contributed by atoms with E-state index in [1.165, 1.54) is 0 Å². The summed E-state index contributed by atoms with van der Waals surface area (Å²) >= 11 is 3.37. The summed E-state index contributed by atoms with van der Waals surface area (Å²) in [5, 5.41) is 0. The number of amides is 1. The van der Waals surface area contributed by atoms with Crippen LogP contribution in [-0.2, 0) is 4.79 Å². The summed E-state index contributed by atoms with van der Waals surface area (Å²) in [6.45, 7) is 2.87. The maximum atomic E-state index is 12.1. The van der Waals surface area contributed by atoms with Crippen molar-refractivity contribution in [1.82, 2.24) is 0 Å². The van der Waals surface area contributed by atoms with Gasteiger partial charge in [-0.3, -0.25) is 9.59 Å². The number of para-hydroxylation sites is 1. The molecular formula is C18H16BrNO3. The van der Waals surface area contributed by atoms with E-state index in [-0.39, 0.29) is 0 Å². The highest BCUT2D eigenvalue weighted by Gasteiger charge is 2.36. The standard InChI is InChI=1S/C18H16BrNO3/c1-12-4-2-5-15-16(12)20(18(22)17(15)21)10-3-11-23-14-8-6-13(19)7-9-14/h2,4-9H,3,10-11H2,1H3. The fourth-order valence-corrected chi connectivity index (χ4v) is 2.96. The molecule has 3 rings (SSSR count). The number of ketones is 1. The molecule has 0 saturated carbocycles. The Morgan fingerprint density at radius 1 is 1.09 bits per heavy atom. The summed E-state index contributed by atoms with van der Waals surface area (Å²) < 4.78 is 6.66. The summed E-state index contributed by atoms with van der Waals surface area (Å²) in [7, 11) is 0. The molecule has 23 heavy (non-hydrogen) atoms. The number of Topliss-reactive ketones (excluding diaryl/α,β-unsaturated/α-hetero) is 1.